The van der Waals surface area contributed by atoms with Gasteiger partial charge < -0.3 is 14.7 Å². The number of nitrogens with zero attached hydrogens (tertiary/aromatic N) is 3. The van der Waals surface area contributed by atoms with Crippen LogP contribution in [-0.4, -0.2) is 70.7 Å². The van der Waals surface area contributed by atoms with Gasteiger partial charge in [-0.05, 0) is 38.5 Å². The van der Waals surface area contributed by atoms with Crippen LogP contribution in [0.2, 0.25) is 0 Å². The molecule has 134 valence electrons. The summed E-state index contributed by atoms with van der Waals surface area (Å²) in [6.45, 7) is 5.00. The third kappa shape index (κ3) is 3.42. The average Bonchev–Trinajstić information content (AvgIpc) is 3.23. The summed E-state index contributed by atoms with van der Waals surface area (Å²) in [5.41, 5.74) is 0. The highest BCUT2D eigenvalue weighted by Crippen LogP contribution is 2.25. The van der Waals surface area contributed by atoms with Crippen molar-refractivity contribution in [1.29, 1.82) is 0 Å². The Morgan fingerprint density at radius 2 is 1.79 bits per heavy atom. The first-order valence-corrected chi connectivity index (χ1v) is 9.49. The summed E-state index contributed by atoms with van der Waals surface area (Å²) in [6, 6.07) is 0.0412. The van der Waals surface area contributed by atoms with Gasteiger partial charge in [0.2, 0.25) is 17.7 Å². The van der Waals surface area contributed by atoms with E-state index in [1.165, 1.54) is 0 Å². The van der Waals surface area contributed by atoms with Crippen LogP contribution in [0.15, 0.2) is 0 Å². The maximum atomic E-state index is 12.9. The molecule has 3 saturated heterocycles. The number of carbonyl (C=O) groups is 3. The lowest BCUT2D eigenvalue weighted by Crippen LogP contribution is -2.52. The zero-order chi connectivity index (χ0) is 17.1. The third-order valence-electron chi connectivity index (χ3n) is 5.65. The van der Waals surface area contributed by atoms with Crippen molar-refractivity contribution in [2.45, 2.75) is 70.4 Å². The second kappa shape index (κ2) is 7.53. The monoisotopic (exact) mass is 335 g/mol. The van der Waals surface area contributed by atoms with Crippen LogP contribution in [0, 0.1) is 0 Å². The molecule has 0 spiro atoms. The topological polar surface area (TPSA) is 60.9 Å². The molecule has 6 heteroatoms. The highest BCUT2D eigenvalue weighted by Gasteiger charge is 2.38. The van der Waals surface area contributed by atoms with E-state index in [9.17, 15) is 14.4 Å². The van der Waals surface area contributed by atoms with E-state index < -0.39 is 0 Å². The molecule has 0 radical (unpaired) electrons. The molecule has 3 heterocycles. The largest absolute Gasteiger partial charge is 0.341 e. The molecule has 3 rings (SSSR count). The van der Waals surface area contributed by atoms with Crippen molar-refractivity contribution < 1.29 is 14.4 Å². The molecule has 3 aliphatic rings. The molecule has 1 atom stereocenters. The number of rotatable bonds is 4. The number of piperidine rings is 1. The highest BCUT2D eigenvalue weighted by atomic mass is 16.2. The standard InChI is InChI=1S/C18H29N3O3/c1-2-5-16(22)21-11-3-6-15(21)18(24)19-12-8-14(9-13-19)20-10-4-7-17(20)23/h14-15H,2-13H2,1H3. The maximum Gasteiger partial charge on any atom is 0.245 e. The maximum absolute atomic E-state index is 12.9. The van der Waals surface area contributed by atoms with Crippen molar-refractivity contribution >= 4 is 17.7 Å². The predicted molar refractivity (Wildman–Crippen MR) is 90.2 cm³/mol. The molecule has 24 heavy (non-hydrogen) atoms. The number of amides is 3. The lowest BCUT2D eigenvalue weighted by atomic mass is 10.0. The fraction of sp³-hybridized carbons (Fsp3) is 0.833. The van der Waals surface area contributed by atoms with E-state index >= 15 is 0 Å². The van der Waals surface area contributed by atoms with E-state index in [1.54, 1.807) is 4.90 Å². The molecule has 3 fully saturated rings. The van der Waals surface area contributed by atoms with Gasteiger partial charge in [0, 0.05) is 45.1 Å². The van der Waals surface area contributed by atoms with Crippen LogP contribution in [0.5, 0.6) is 0 Å². The molecule has 0 aliphatic carbocycles. The van der Waals surface area contributed by atoms with Gasteiger partial charge in [0.05, 0.1) is 0 Å². The van der Waals surface area contributed by atoms with E-state index in [-0.39, 0.29) is 23.8 Å². The smallest absolute Gasteiger partial charge is 0.245 e. The second-order valence-electron chi connectivity index (χ2n) is 7.24. The Balaban J connectivity index is 1.54. The van der Waals surface area contributed by atoms with Crippen LogP contribution in [0.3, 0.4) is 0 Å². The van der Waals surface area contributed by atoms with Gasteiger partial charge in [-0.15, -0.1) is 0 Å². The first-order chi connectivity index (χ1) is 11.6. The third-order valence-corrected chi connectivity index (χ3v) is 5.65. The first-order valence-electron chi connectivity index (χ1n) is 9.49. The summed E-state index contributed by atoms with van der Waals surface area (Å²) in [5, 5.41) is 0. The summed E-state index contributed by atoms with van der Waals surface area (Å²) in [7, 11) is 0. The van der Waals surface area contributed by atoms with Gasteiger partial charge in [0.1, 0.15) is 6.04 Å². The van der Waals surface area contributed by atoms with Gasteiger partial charge >= 0.3 is 0 Å². The summed E-state index contributed by atoms with van der Waals surface area (Å²) in [5.74, 6) is 0.501. The summed E-state index contributed by atoms with van der Waals surface area (Å²) in [4.78, 5) is 42.7. The van der Waals surface area contributed by atoms with E-state index in [0.717, 1.165) is 45.1 Å². The normalized spacial score (nSPS) is 25.6. The fourth-order valence-corrected chi connectivity index (χ4v) is 4.34. The molecule has 6 nitrogen and oxygen atoms in total. The zero-order valence-electron chi connectivity index (χ0n) is 14.7. The van der Waals surface area contributed by atoms with Crippen molar-refractivity contribution in [2.75, 3.05) is 26.2 Å². The Morgan fingerprint density at radius 3 is 2.42 bits per heavy atom. The van der Waals surface area contributed by atoms with Gasteiger partial charge in [0.25, 0.3) is 0 Å². The first kappa shape index (κ1) is 17.2. The molecular formula is C18H29N3O3. The lowest BCUT2D eigenvalue weighted by molar-refractivity contribution is -0.145. The Labute approximate surface area is 144 Å². The van der Waals surface area contributed by atoms with Crippen LogP contribution in [0.4, 0.5) is 0 Å². The van der Waals surface area contributed by atoms with Crippen LogP contribution in [-0.2, 0) is 14.4 Å². The second-order valence-corrected chi connectivity index (χ2v) is 7.24. The van der Waals surface area contributed by atoms with Gasteiger partial charge in [-0.2, -0.15) is 0 Å². The van der Waals surface area contributed by atoms with E-state index in [2.05, 4.69) is 0 Å². The molecule has 0 N–H and O–H groups in total. The van der Waals surface area contributed by atoms with E-state index in [4.69, 9.17) is 0 Å². The lowest BCUT2D eigenvalue weighted by Gasteiger charge is -2.38. The Morgan fingerprint density at radius 1 is 1.04 bits per heavy atom. The minimum atomic E-state index is -0.256. The predicted octanol–water partition coefficient (Wildman–Crippen LogP) is 1.39. The van der Waals surface area contributed by atoms with Crippen LogP contribution in [0.25, 0.3) is 0 Å². The summed E-state index contributed by atoms with van der Waals surface area (Å²) >= 11 is 0. The van der Waals surface area contributed by atoms with Crippen molar-refractivity contribution in [1.82, 2.24) is 14.7 Å². The van der Waals surface area contributed by atoms with Gasteiger partial charge in [0.15, 0.2) is 0 Å². The molecule has 0 bridgehead atoms. The fourth-order valence-electron chi connectivity index (χ4n) is 4.34. The molecule has 1 unspecified atom stereocenters. The van der Waals surface area contributed by atoms with E-state index in [0.29, 0.717) is 38.5 Å². The van der Waals surface area contributed by atoms with E-state index in [1.807, 2.05) is 16.7 Å². The minimum absolute atomic E-state index is 0.114. The van der Waals surface area contributed by atoms with Gasteiger partial charge in [-0.25, -0.2) is 0 Å². The number of hydrogen-bond donors (Lipinski definition) is 0. The molecule has 0 aromatic heterocycles. The molecule has 0 aromatic carbocycles. The molecule has 3 amide bonds. The van der Waals surface area contributed by atoms with Crippen molar-refractivity contribution in [2.24, 2.45) is 0 Å². The van der Waals surface area contributed by atoms with Crippen molar-refractivity contribution in [3.8, 4) is 0 Å². The molecule has 0 saturated carbocycles. The molecule has 0 aromatic rings. The van der Waals surface area contributed by atoms with Gasteiger partial charge in [-0.3, -0.25) is 14.4 Å². The number of likely N-dealkylation sites (tertiary alicyclic amines) is 3. The van der Waals surface area contributed by atoms with Crippen molar-refractivity contribution in [3.63, 3.8) is 0 Å². The Hall–Kier alpha value is -1.59. The Kier molecular flexibility index (Phi) is 5.41. The van der Waals surface area contributed by atoms with Gasteiger partial charge in [-0.1, -0.05) is 6.92 Å². The average molecular weight is 335 g/mol. The molecule has 3 aliphatic heterocycles. The number of carbonyl (C=O) groups excluding carboxylic acids is 3. The highest BCUT2D eigenvalue weighted by molar-refractivity contribution is 5.88. The molecular weight excluding hydrogens is 306 g/mol. The number of hydrogen-bond acceptors (Lipinski definition) is 3. The minimum Gasteiger partial charge on any atom is -0.341 e. The summed E-state index contributed by atoms with van der Waals surface area (Å²) < 4.78 is 0. The Bertz CT molecular complexity index is 500. The van der Waals surface area contributed by atoms with Crippen molar-refractivity contribution in [3.05, 3.63) is 0 Å². The quantitative estimate of drug-likeness (QED) is 0.780. The SMILES string of the molecule is CCCC(=O)N1CCCC1C(=O)N1CCC(N2CCCC2=O)CC1. The summed E-state index contributed by atoms with van der Waals surface area (Å²) in [6.07, 6.45) is 6.45. The van der Waals surface area contributed by atoms with Crippen LogP contribution < -0.4 is 0 Å². The van der Waals surface area contributed by atoms with Crippen LogP contribution in [0.1, 0.15) is 58.3 Å². The van der Waals surface area contributed by atoms with Crippen LogP contribution >= 0.6 is 0 Å². The zero-order valence-corrected chi connectivity index (χ0v) is 14.7.